The molecule has 0 aliphatic rings. The summed E-state index contributed by atoms with van der Waals surface area (Å²) in [5.41, 5.74) is 5.00. The molecule has 1 aromatic carbocycles. The van der Waals surface area contributed by atoms with E-state index in [0.717, 1.165) is 33.4 Å². The predicted octanol–water partition coefficient (Wildman–Crippen LogP) is 3.17. The molecule has 0 saturated heterocycles. The van der Waals surface area contributed by atoms with Crippen LogP contribution in [0.3, 0.4) is 0 Å². The normalized spacial score (nSPS) is 12.3. The minimum absolute atomic E-state index is 0.139. The first-order valence-electron chi connectivity index (χ1n) is 9.12. The number of para-hydroxylation sites is 1. The Labute approximate surface area is 163 Å². The Balaban J connectivity index is 1.74. The highest BCUT2D eigenvalue weighted by molar-refractivity contribution is 6.07. The van der Waals surface area contributed by atoms with Crippen LogP contribution in [0.25, 0.3) is 22.2 Å². The van der Waals surface area contributed by atoms with Crippen molar-refractivity contribution >= 4 is 16.8 Å². The standard InChI is InChI=1S/C21H22N6O/c1-13(18-11-23-27(4)14(18)2)24-21(28)17-9-20(15-10-22-26(3)12-15)25-19-8-6-5-7-16(17)19/h5-13H,1-4H3,(H,24,28)/t13-/m0/s1. The van der Waals surface area contributed by atoms with Crippen molar-refractivity contribution in [3.8, 4) is 11.3 Å². The summed E-state index contributed by atoms with van der Waals surface area (Å²) >= 11 is 0. The van der Waals surface area contributed by atoms with Gasteiger partial charge in [-0.2, -0.15) is 10.2 Å². The third-order valence-electron chi connectivity index (χ3n) is 5.05. The molecule has 3 heterocycles. The van der Waals surface area contributed by atoms with Gasteiger partial charge in [0, 0.05) is 42.5 Å². The van der Waals surface area contributed by atoms with E-state index in [9.17, 15) is 4.79 Å². The van der Waals surface area contributed by atoms with Gasteiger partial charge in [0.05, 0.1) is 35.2 Å². The quantitative estimate of drug-likeness (QED) is 0.595. The number of hydrogen-bond donors (Lipinski definition) is 1. The molecule has 0 fully saturated rings. The zero-order chi connectivity index (χ0) is 19.8. The lowest BCUT2D eigenvalue weighted by atomic mass is 10.0. The molecule has 0 saturated carbocycles. The Morgan fingerprint density at radius 1 is 1.14 bits per heavy atom. The molecule has 142 valence electrons. The Morgan fingerprint density at radius 3 is 2.61 bits per heavy atom. The topological polar surface area (TPSA) is 77.6 Å². The van der Waals surface area contributed by atoms with Gasteiger partial charge in [0.2, 0.25) is 0 Å². The van der Waals surface area contributed by atoms with Crippen molar-refractivity contribution in [1.29, 1.82) is 0 Å². The molecule has 1 atom stereocenters. The van der Waals surface area contributed by atoms with E-state index in [1.807, 2.05) is 64.5 Å². The molecule has 4 rings (SSSR count). The molecule has 0 aliphatic carbocycles. The third kappa shape index (κ3) is 3.15. The molecule has 0 spiro atoms. The van der Waals surface area contributed by atoms with E-state index in [1.165, 1.54) is 0 Å². The van der Waals surface area contributed by atoms with Gasteiger partial charge in [0.1, 0.15) is 0 Å². The van der Waals surface area contributed by atoms with Crippen molar-refractivity contribution in [1.82, 2.24) is 29.9 Å². The number of nitrogens with zero attached hydrogens (tertiary/aromatic N) is 5. The number of fused-ring (bicyclic) bond motifs is 1. The number of benzene rings is 1. The number of nitrogens with one attached hydrogen (secondary N) is 1. The summed E-state index contributed by atoms with van der Waals surface area (Å²) < 4.78 is 3.53. The lowest BCUT2D eigenvalue weighted by molar-refractivity contribution is 0.0941. The van der Waals surface area contributed by atoms with Gasteiger partial charge < -0.3 is 5.32 Å². The van der Waals surface area contributed by atoms with Gasteiger partial charge in [-0.1, -0.05) is 18.2 Å². The van der Waals surface area contributed by atoms with Gasteiger partial charge in [-0.3, -0.25) is 14.2 Å². The Kier molecular flexibility index (Phi) is 4.43. The molecule has 3 aromatic heterocycles. The van der Waals surface area contributed by atoms with Crippen LogP contribution < -0.4 is 5.32 Å². The first-order chi connectivity index (χ1) is 13.4. The number of hydrogen-bond acceptors (Lipinski definition) is 4. The summed E-state index contributed by atoms with van der Waals surface area (Å²) in [4.78, 5) is 17.9. The van der Waals surface area contributed by atoms with Crippen molar-refractivity contribution in [2.45, 2.75) is 19.9 Å². The summed E-state index contributed by atoms with van der Waals surface area (Å²) in [6.45, 7) is 3.96. The fraction of sp³-hybridized carbons (Fsp3) is 0.238. The van der Waals surface area contributed by atoms with Crippen LogP contribution in [0.2, 0.25) is 0 Å². The molecular weight excluding hydrogens is 352 g/mol. The van der Waals surface area contributed by atoms with Crippen molar-refractivity contribution in [2.75, 3.05) is 0 Å². The van der Waals surface area contributed by atoms with Crippen LogP contribution in [0.1, 0.15) is 34.6 Å². The molecule has 7 nitrogen and oxygen atoms in total. The lowest BCUT2D eigenvalue weighted by Crippen LogP contribution is -2.27. The highest BCUT2D eigenvalue weighted by Crippen LogP contribution is 2.25. The number of aryl methyl sites for hydroxylation is 2. The molecular formula is C21H22N6O. The van der Waals surface area contributed by atoms with Gasteiger partial charge in [-0.15, -0.1) is 0 Å². The molecule has 0 unspecified atom stereocenters. The second-order valence-electron chi connectivity index (χ2n) is 6.98. The Bertz CT molecular complexity index is 1170. The van der Waals surface area contributed by atoms with Crippen molar-refractivity contribution in [2.24, 2.45) is 14.1 Å². The maximum absolute atomic E-state index is 13.2. The molecule has 0 aliphatic heterocycles. The number of amides is 1. The highest BCUT2D eigenvalue weighted by Gasteiger charge is 2.19. The first-order valence-corrected chi connectivity index (χ1v) is 9.12. The summed E-state index contributed by atoms with van der Waals surface area (Å²) in [6.07, 6.45) is 5.44. The van der Waals surface area contributed by atoms with Crippen molar-refractivity contribution in [3.05, 3.63) is 65.7 Å². The van der Waals surface area contributed by atoms with E-state index >= 15 is 0 Å². The van der Waals surface area contributed by atoms with E-state index in [1.54, 1.807) is 21.8 Å². The number of rotatable bonds is 4. The van der Waals surface area contributed by atoms with Gasteiger partial charge in [0.15, 0.2) is 0 Å². The van der Waals surface area contributed by atoms with Gasteiger partial charge in [-0.05, 0) is 26.0 Å². The van der Waals surface area contributed by atoms with Crippen LogP contribution in [-0.4, -0.2) is 30.5 Å². The average Bonchev–Trinajstić information content (AvgIpc) is 3.26. The summed E-state index contributed by atoms with van der Waals surface area (Å²) in [5, 5.41) is 12.4. The molecule has 1 N–H and O–H groups in total. The Hall–Kier alpha value is -3.48. The van der Waals surface area contributed by atoms with Crippen LogP contribution in [0.4, 0.5) is 0 Å². The van der Waals surface area contributed by atoms with E-state index < -0.39 is 0 Å². The zero-order valence-electron chi connectivity index (χ0n) is 16.3. The van der Waals surface area contributed by atoms with Crippen molar-refractivity contribution < 1.29 is 4.79 Å². The third-order valence-corrected chi connectivity index (χ3v) is 5.05. The SMILES string of the molecule is Cc1c([C@H](C)NC(=O)c2cc(-c3cnn(C)c3)nc3ccccc23)cnn1C. The van der Waals surface area contributed by atoms with Gasteiger partial charge in [0.25, 0.3) is 5.91 Å². The van der Waals surface area contributed by atoms with Gasteiger partial charge in [-0.25, -0.2) is 4.98 Å². The zero-order valence-corrected chi connectivity index (χ0v) is 16.3. The smallest absolute Gasteiger partial charge is 0.252 e. The first kappa shape index (κ1) is 17.9. The van der Waals surface area contributed by atoms with Crippen molar-refractivity contribution in [3.63, 3.8) is 0 Å². The summed E-state index contributed by atoms with van der Waals surface area (Å²) in [5.74, 6) is -0.139. The van der Waals surface area contributed by atoms with Crippen LogP contribution in [0, 0.1) is 6.92 Å². The van der Waals surface area contributed by atoms with Crippen LogP contribution in [0.15, 0.2) is 48.9 Å². The second-order valence-corrected chi connectivity index (χ2v) is 6.98. The molecule has 7 heteroatoms. The van der Waals surface area contributed by atoms with E-state index in [0.29, 0.717) is 5.56 Å². The van der Waals surface area contributed by atoms with E-state index in [2.05, 4.69) is 15.5 Å². The largest absolute Gasteiger partial charge is 0.345 e. The van der Waals surface area contributed by atoms with E-state index in [4.69, 9.17) is 4.98 Å². The number of aromatic nitrogens is 5. The van der Waals surface area contributed by atoms with Crippen LogP contribution in [-0.2, 0) is 14.1 Å². The maximum Gasteiger partial charge on any atom is 0.252 e. The van der Waals surface area contributed by atoms with Crippen LogP contribution >= 0.6 is 0 Å². The average molecular weight is 374 g/mol. The minimum Gasteiger partial charge on any atom is -0.345 e. The predicted molar refractivity (Wildman–Crippen MR) is 108 cm³/mol. The molecule has 0 bridgehead atoms. The lowest BCUT2D eigenvalue weighted by Gasteiger charge is -2.15. The fourth-order valence-corrected chi connectivity index (χ4v) is 3.36. The number of carbonyl (C=O) groups excluding carboxylic acids is 1. The fourth-order valence-electron chi connectivity index (χ4n) is 3.36. The van der Waals surface area contributed by atoms with E-state index in [-0.39, 0.29) is 11.9 Å². The molecule has 0 radical (unpaired) electrons. The number of carbonyl (C=O) groups is 1. The summed E-state index contributed by atoms with van der Waals surface area (Å²) in [6, 6.07) is 9.35. The highest BCUT2D eigenvalue weighted by atomic mass is 16.1. The molecule has 4 aromatic rings. The molecule has 1 amide bonds. The monoisotopic (exact) mass is 374 g/mol. The number of pyridine rings is 1. The summed E-state index contributed by atoms with van der Waals surface area (Å²) in [7, 11) is 3.75. The Morgan fingerprint density at radius 2 is 1.93 bits per heavy atom. The second kappa shape index (κ2) is 6.92. The molecule has 28 heavy (non-hydrogen) atoms. The van der Waals surface area contributed by atoms with Gasteiger partial charge >= 0.3 is 0 Å². The maximum atomic E-state index is 13.2. The van der Waals surface area contributed by atoms with Crippen LogP contribution in [0.5, 0.6) is 0 Å². The minimum atomic E-state index is -0.157.